The summed E-state index contributed by atoms with van der Waals surface area (Å²) < 4.78 is 21.7. The average Bonchev–Trinajstić information content (AvgIpc) is 2.80. The molecular formula is C27H24O6. The average molecular weight is 444 g/mol. The molecule has 0 bridgehead atoms. The van der Waals surface area contributed by atoms with Crippen LogP contribution in [0.1, 0.15) is 25.0 Å². The third-order valence-electron chi connectivity index (χ3n) is 5.09. The Labute approximate surface area is 192 Å². The van der Waals surface area contributed by atoms with Gasteiger partial charge in [-0.15, -0.1) is 0 Å². The molecule has 0 atom stereocenters. The molecule has 1 aliphatic heterocycles. The van der Waals surface area contributed by atoms with Gasteiger partial charge in [-0.25, -0.2) is 9.59 Å². The molecule has 1 aliphatic rings. The van der Waals surface area contributed by atoms with E-state index in [2.05, 4.69) is 12.1 Å². The van der Waals surface area contributed by atoms with Gasteiger partial charge in [0.2, 0.25) is 0 Å². The normalized spacial score (nSPS) is 14.8. The molecule has 0 aliphatic carbocycles. The molecule has 3 aromatic rings. The number of rotatable bonds is 6. The first-order chi connectivity index (χ1) is 15.8. The van der Waals surface area contributed by atoms with E-state index in [0.29, 0.717) is 17.1 Å². The maximum absolute atomic E-state index is 12.2. The molecule has 1 heterocycles. The highest BCUT2D eigenvalue weighted by Gasteiger charge is 2.38. The highest BCUT2D eigenvalue weighted by molar-refractivity contribution is 6.18. The van der Waals surface area contributed by atoms with E-state index in [0.717, 1.165) is 16.7 Å². The molecule has 0 N–H and O–H groups in total. The fourth-order valence-corrected chi connectivity index (χ4v) is 3.48. The first-order valence-electron chi connectivity index (χ1n) is 10.5. The molecule has 0 spiro atoms. The number of benzene rings is 3. The summed E-state index contributed by atoms with van der Waals surface area (Å²) >= 11 is 0. The summed E-state index contributed by atoms with van der Waals surface area (Å²) in [5.74, 6) is -1.37. The molecule has 0 unspecified atom stereocenters. The quantitative estimate of drug-likeness (QED) is 0.297. The Morgan fingerprint density at radius 2 is 1.48 bits per heavy atom. The number of hydrogen-bond donors (Lipinski definition) is 0. The van der Waals surface area contributed by atoms with Crippen molar-refractivity contribution in [3.8, 4) is 22.6 Å². The van der Waals surface area contributed by atoms with Gasteiger partial charge in [0, 0.05) is 19.4 Å². The van der Waals surface area contributed by atoms with Crippen LogP contribution in [-0.2, 0) is 25.7 Å². The molecule has 6 heteroatoms. The molecule has 3 aromatic carbocycles. The zero-order valence-corrected chi connectivity index (χ0v) is 18.7. The molecule has 0 aromatic heterocycles. The van der Waals surface area contributed by atoms with Crippen LogP contribution < -0.4 is 9.47 Å². The van der Waals surface area contributed by atoms with Crippen LogP contribution in [0.4, 0.5) is 0 Å². The lowest BCUT2D eigenvalue weighted by Crippen LogP contribution is -2.41. The number of carbonyl (C=O) groups excluding carboxylic acids is 2. The van der Waals surface area contributed by atoms with Gasteiger partial charge in [0.15, 0.2) is 0 Å². The summed E-state index contributed by atoms with van der Waals surface area (Å²) in [7, 11) is 1.57. The first-order valence-corrected chi connectivity index (χ1v) is 10.5. The Balaban J connectivity index is 1.51. The van der Waals surface area contributed by atoms with Crippen LogP contribution in [0.3, 0.4) is 0 Å². The van der Waals surface area contributed by atoms with Gasteiger partial charge in [-0.1, -0.05) is 48.5 Å². The summed E-state index contributed by atoms with van der Waals surface area (Å²) in [4.78, 5) is 24.5. The lowest BCUT2D eigenvalue weighted by atomic mass is 10.1. The number of esters is 2. The Bertz CT molecular complexity index is 1170. The zero-order chi connectivity index (χ0) is 23.4. The molecule has 6 nitrogen and oxygen atoms in total. The summed E-state index contributed by atoms with van der Waals surface area (Å²) in [6.07, 6.45) is 1.44. The second kappa shape index (κ2) is 9.20. The number of hydrogen-bond acceptors (Lipinski definition) is 6. The minimum absolute atomic E-state index is 0.164. The van der Waals surface area contributed by atoms with Crippen molar-refractivity contribution in [3.63, 3.8) is 0 Å². The lowest BCUT2D eigenvalue weighted by molar-refractivity contribution is -0.222. The molecular weight excluding hydrogens is 420 g/mol. The van der Waals surface area contributed by atoms with Crippen LogP contribution in [0.5, 0.6) is 11.5 Å². The van der Waals surface area contributed by atoms with Gasteiger partial charge in [0.05, 0.1) is 7.11 Å². The van der Waals surface area contributed by atoms with E-state index in [-0.39, 0.29) is 12.2 Å². The van der Waals surface area contributed by atoms with Crippen molar-refractivity contribution >= 4 is 18.0 Å². The van der Waals surface area contributed by atoms with Crippen LogP contribution >= 0.6 is 0 Å². The minimum Gasteiger partial charge on any atom is -0.496 e. The largest absolute Gasteiger partial charge is 0.496 e. The highest BCUT2D eigenvalue weighted by atomic mass is 16.7. The zero-order valence-electron chi connectivity index (χ0n) is 18.7. The number of methoxy groups -OCH3 is 1. The SMILES string of the molecule is COc1ccc(C=C2C(=O)OC(C)(C)OC2=O)cc1COc1ccc(-c2ccccc2)cc1. The van der Waals surface area contributed by atoms with Crippen molar-refractivity contribution in [2.24, 2.45) is 0 Å². The molecule has 33 heavy (non-hydrogen) atoms. The Morgan fingerprint density at radius 3 is 2.12 bits per heavy atom. The first kappa shape index (κ1) is 22.1. The second-order valence-electron chi connectivity index (χ2n) is 7.99. The Hall–Kier alpha value is -4.06. The molecule has 1 saturated heterocycles. The molecule has 1 fully saturated rings. The number of ether oxygens (including phenoxy) is 4. The Kier molecular flexibility index (Phi) is 6.18. The van der Waals surface area contributed by atoms with Gasteiger partial charge >= 0.3 is 11.9 Å². The van der Waals surface area contributed by atoms with Crippen LogP contribution in [-0.4, -0.2) is 24.8 Å². The number of carbonyl (C=O) groups is 2. The smallest absolute Gasteiger partial charge is 0.348 e. The van der Waals surface area contributed by atoms with Crippen molar-refractivity contribution in [1.82, 2.24) is 0 Å². The van der Waals surface area contributed by atoms with Gasteiger partial charge in [-0.05, 0) is 47.0 Å². The highest BCUT2D eigenvalue weighted by Crippen LogP contribution is 2.28. The van der Waals surface area contributed by atoms with E-state index in [1.807, 2.05) is 42.5 Å². The fourth-order valence-electron chi connectivity index (χ4n) is 3.48. The van der Waals surface area contributed by atoms with E-state index < -0.39 is 17.7 Å². The maximum atomic E-state index is 12.2. The topological polar surface area (TPSA) is 71.1 Å². The predicted molar refractivity (Wildman–Crippen MR) is 123 cm³/mol. The second-order valence-corrected chi connectivity index (χ2v) is 7.99. The fraction of sp³-hybridized carbons (Fsp3) is 0.185. The summed E-state index contributed by atoms with van der Waals surface area (Å²) in [6.45, 7) is 3.26. The molecule has 0 radical (unpaired) electrons. The standard InChI is InChI=1S/C27H24O6/c1-27(2)32-25(28)23(26(29)33-27)16-18-9-14-24(30-3)21(15-18)17-31-22-12-10-20(11-13-22)19-7-5-4-6-8-19/h4-16H,17H2,1-3H3. The summed E-state index contributed by atoms with van der Waals surface area (Å²) in [6, 6.07) is 23.2. The molecule has 0 saturated carbocycles. The van der Waals surface area contributed by atoms with Gasteiger partial charge in [-0.3, -0.25) is 0 Å². The van der Waals surface area contributed by atoms with Gasteiger partial charge in [-0.2, -0.15) is 0 Å². The van der Waals surface area contributed by atoms with Crippen LogP contribution in [0.2, 0.25) is 0 Å². The molecule has 0 amide bonds. The summed E-state index contributed by atoms with van der Waals surface area (Å²) in [5.41, 5.74) is 3.45. The van der Waals surface area contributed by atoms with E-state index in [4.69, 9.17) is 18.9 Å². The number of cyclic esters (lactones) is 2. The van der Waals surface area contributed by atoms with E-state index in [9.17, 15) is 9.59 Å². The third kappa shape index (κ3) is 5.23. The van der Waals surface area contributed by atoms with Crippen LogP contribution in [0.25, 0.3) is 17.2 Å². The lowest BCUT2D eigenvalue weighted by Gasteiger charge is -2.29. The van der Waals surface area contributed by atoms with E-state index in [1.165, 1.54) is 19.9 Å². The minimum atomic E-state index is -1.28. The van der Waals surface area contributed by atoms with Gasteiger partial charge in [0.25, 0.3) is 5.79 Å². The van der Waals surface area contributed by atoms with E-state index in [1.54, 1.807) is 25.3 Å². The van der Waals surface area contributed by atoms with E-state index >= 15 is 0 Å². The maximum Gasteiger partial charge on any atom is 0.348 e. The third-order valence-corrected chi connectivity index (χ3v) is 5.09. The molecule has 4 rings (SSSR count). The van der Waals surface area contributed by atoms with Crippen molar-refractivity contribution in [3.05, 3.63) is 89.5 Å². The van der Waals surface area contributed by atoms with Crippen molar-refractivity contribution in [2.75, 3.05) is 7.11 Å². The molecule has 168 valence electrons. The van der Waals surface area contributed by atoms with Crippen LogP contribution in [0, 0.1) is 0 Å². The Morgan fingerprint density at radius 1 is 0.848 bits per heavy atom. The van der Waals surface area contributed by atoms with Crippen LogP contribution in [0.15, 0.2) is 78.4 Å². The van der Waals surface area contributed by atoms with Crippen molar-refractivity contribution < 1.29 is 28.5 Å². The van der Waals surface area contributed by atoms with Crippen molar-refractivity contribution in [1.29, 1.82) is 0 Å². The van der Waals surface area contributed by atoms with Gasteiger partial charge < -0.3 is 18.9 Å². The van der Waals surface area contributed by atoms with Gasteiger partial charge in [0.1, 0.15) is 23.7 Å². The monoisotopic (exact) mass is 444 g/mol. The summed E-state index contributed by atoms with van der Waals surface area (Å²) in [5, 5.41) is 0. The van der Waals surface area contributed by atoms with Crippen molar-refractivity contribution in [2.45, 2.75) is 26.2 Å². The predicted octanol–water partition coefficient (Wildman–Crippen LogP) is 5.16.